The van der Waals surface area contributed by atoms with E-state index < -0.39 is 6.04 Å². The predicted octanol–water partition coefficient (Wildman–Crippen LogP) is 2.68. The van der Waals surface area contributed by atoms with Gasteiger partial charge in [0.05, 0.1) is 16.9 Å². The average Bonchev–Trinajstić information content (AvgIpc) is 2.63. The zero-order valence-corrected chi connectivity index (χ0v) is 9.45. The number of benzene rings is 1. The zero-order valence-electron chi connectivity index (χ0n) is 8.69. The molecule has 1 atom stereocenters. The molecule has 0 saturated heterocycles. The Bertz CT molecular complexity index is 508. The van der Waals surface area contributed by atoms with Gasteiger partial charge in [-0.1, -0.05) is 17.7 Å². The third kappa shape index (κ3) is 1.94. The Balaban J connectivity index is 2.60. The molecule has 0 amide bonds. The molecule has 2 N–H and O–H groups in total. The Morgan fingerprint density at radius 3 is 2.81 bits per heavy atom. The van der Waals surface area contributed by atoms with Crippen LogP contribution < -0.4 is 5.73 Å². The molecule has 0 aliphatic heterocycles. The first kappa shape index (κ1) is 11.1. The summed E-state index contributed by atoms with van der Waals surface area (Å²) in [6, 6.07) is 4.35. The number of aromatic nitrogens is 2. The Morgan fingerprint density at radius 1 is 1.50 bits per heavy atom. The highest BCUT2D eigenvalue weighted by atomic mass is 35.5. The Kier molecular flexibility index (Phi) is 2.94. The van der Waals surface area contributed by atoms with Gasteiger partial charge in [-0.05, 0) is 19.1 Å². The lowest BCUT2D eigenvalue weighted by molar-refractivity contribution is 0.589. The van der Waals surface area contributed by atoms with E-state index in [1.807, 2.05) is 0 Å². The highest BCUT2D eigenvalue weighted by Gasteiger charge is 2.14. The molecule has 1 unspecified atom stereocenters. The van der Waals surface area contributed by atoms with E-state index >= 15 is 0 Å². The quantitative estimate of drug-likeness (QED) is 0.876. The first-order chi connectivity index (χ1) is 7.59. The number of hydrogen-bond acceptors (Lipinski definition) is 2. The summed E-state index contributed by atoms with van der Waals surface area (Å²) in [6.07, 6.45) is 3.11. The largest absolute Gasteiger partial charge is 0.324 e. The van der Waals surface area contributed by atoms with Gasteiger partial charge in [0.15, 0.2) is 0 Å². The van der Waals surface area contributed by atoms with Crippen molar-refractivity contribution in [3.05, 3.63) is 47.0 Å². The van der Waals surface area contributed by atoms with E-state index in [1.54, 1.807) is 25.3 Å². The molecule has 1 heterocycles. The monoisotopic (exact) mass is 239 g/mol. The number of rotatable bonds is 2. The van der Waals surface area contributed by atoms with Crippen molar-refractivity contribution in [1.29, 1.82) is 0 Å². The molecular weight excluding hydrogens is 229 g/mol. The third-order valence-corrected chi connectivity index (χ3v) is 2.48. The van der Waals surface area contributed by atoms with Gasteiger partial charge < -0.3 is 5.73 Å². The molecule has 2 aromatic rings. The van der Waals surface area contributed by atoms with Crippen LogP contribution in [0, 0.1) is 5.82 Å². The molecule has 5 heteroatoms. The fraction of sp³-hybridized carbons (Fsp3) is 0.182. The van der Waals surface area contributed by atoms with Crippen LogP contribution in [0.15, 0.2) is 30.6 Å². The molecule has 0 aliphatic carbocycles. The van der Waals surface area contributed by atoms with Gasteiger partial charge in [0.2, 0.25) is 0 Å². The smallest absolute Gasteiger partial charge is 0.130 e. The van der Waals surface area contributed by atoms with E-state index in [0.29, 0.717) is 16.3 Å². The standard InChI is InChI=1S/C11H11ClFN3/c1-7(14)11-9(13)3-2-4-10(11)16-6-8(12)5-15-16/h2-7H,14H2,1H3. The molecular formula is C11H11ClFN3. The Labute approximate surface area is 97.6 Å². The van der Waals surface area contributed by atoms with Crippen molar-refractivity contribution in [2.45, 2.75) is 13.0 Å². The molecule has 3 nitrogen and oxygen atoms in total. The Morgan fingerprint density at radius 2 is 2.25 bits per heavy atom. The molecule has 1 aromatic heterocycles. The van der Waals surface area contributed by atoms with Gasteiger partial charge in [-0.2, -0.15) is 5.10 Å². The SMILES string of the molecule is CC(N)c1c(F)cccc1-n1cc(Cl)cn1. The van der Waals surface area contributed by atoms with Crippen LogP contribution in [0.1, 0.15) is 18.5 Å². The van der Waals surface area contributed by atoms with Crippen LogP contribution in [-0.2, 0) is 0 Å². The van der Waals surface area contributed by atoms with Gasteiger partial charge in [-0.3, -0.25) is 0 Å². The highest BCUT2D eigenvalue weighted by Crippen LogP contribution is 2.23. The maximum Gasteiger partial charge on any atom is 0.130 e. The van der Waals surface area contributed by atoms with Gasteiger partial charge in [-0.25, -0.2) is 9.07 Å². The van der Waals surface area contributed by atoms with Gasteiger partial charge in [0.1, 0.15) is 5.82 Å². The first-order valence-electron chi connectivity index (χ1n) is 4.84. The van der Waals surface area contributed by atoms with Crippen molar-refractivity contribution >= 4 is 11.6 Å². The van der Waals surface area contributed by atoms with E-state index in [-0.39, 0.29) is 5.82 Å². The van der Waals surface area contributed by atoms with Crippen LogP contribution in [0.3, 0.4) is 0 Å². The summed E-state index contributed by atoms with van der Waals surface area (Å²) < 4.78 is 15.2. The minimum Gasteiger partial charge on any atom is -0.324 e. The maximum atomic E-state index is 13.6. The van der Waals surface area contributed by atoms with Gasteiger partial charge in [0.25, 0.3) is 0 Å². The van der Waals surface area contributed by atoms with E-state index in [1.165, 1.54) is 16.9 Å². The number of nitrogens with zero attached hydrogens (tertiary/aromatic N) is 2. The minimum absolute atomic E-state index is 0.334. The first-order valence-corrected chi connectivity index (χ1v) is 5.22. The second-order valence-electron chi connectivity index (χ2n) is 3.56. The van der Waals surface area contributed by atoms with Crippen molar-refractivity contribution in [3.8, 4) is 5.69 Å². The normalized spacial score (nSPS) is 12.8. The molecule has 0 radical (unpaired) electrons. The van der Waals surface area contributed by atoms with Crippen molar-refractivity contribution < 1.29 is 4.39 Å². The number of halogens is 2. The lowest BCUT2D eigenvalue weighted by Gasteiger charge is -2.13. The van der Waals surface area contributed by atoms with Crippen LogP contribution >= 0.6 is 11.6 Å². The van der Waals surface area contributed by atoms with E-state index in [9.17, 15) is 4.39 Å². The summed E-state index contributed by atoms with van der Waals surface area (Å²) in [5.41, 5.74) is 6.79. The molecule has 0 fully saturated rings. The maximum absolute atomic E-state index is 13.6. The fourth-order valence-corrected chi connectivity index (χ4v) is 1.74. The van der Waals surface area contributed by atoms with E-state index in [4.69, 9.17) is 17.3 Å². The van der Waals surface area contributed by atoms with Gasteiger partial charge in [-0.15, -0.1) is 0 Å². The van der Waals surface area contributed by atoms with E-state index in [2.05, 4.69) is 5.10 Å². The molecule has 16 heavy (non-hydrogen) atoms. The second kappa shape index (κ2) is 4.23. The summed E-state index contributed by atoms with van der Waals surface area (Å²) in [5.74, 6) is -0.334. The molecule has 2 rings (SSSR count). The molecule has 0 bridgehead atoms. The zero-order chi connectivity index (χ0) is 11.7. The lowest BCUT2D eigenvalue weighted by Crippen LogP contribution is -2.12. The average molecular weight is 240 g/mol. The number of hydrogen-bond donors (Lipinski definition) is 1. The van der Waals surface area contributed by atoms with Crippen LogP contribution in [0.25, 0.3) is 5.69 Å². The molecule has 1 aromatic carbocycles. The second-order valence-corrected chi connectivity index (χ2v) is 4.00. The van der Waals surface area contributed by atoms with Gasteiger partial charge in [0, 0.05) is 17.8 Å². The van der Waals surface area contributed by atoms with Crippen LogP contribution in [0.4, 0.5) is 4.39 Å². The minimum atomic E-state index is -0.404. The number of nitrogens with two attached hydrogens (primary N) is 1. The summed E-state index contributed by atoms with van der Waals surface area (Å²) in [6.45, 7) is 1.73. The summed E-state index contributed by atoms with van der Waals surface area (Å²) in [5, 5.41) is 4.53. The van der Waals surface area contributed by atoms with Crippen molar-refractivity contribution in [2.24, 2.45) is 5.73 Å². The Hall–Kier alpha value is -1.39. The molecule has 0 aliphatic rings. The van der Waals surface area contributed by atoms with Crippen molar-refractivity contribution in [1.82, 2.24) is 9.78 Å². The molecule has 0 saturated carbocycles. The lowest BCUT2D eigenvalue weighted by atomic mass is 10.1. The fourth-order valence-electron chi connectivity index (χ4n) is 1.61. The molecule has 0 spiro atoms. The predicted molar refractivity (Wildman–Crippen MR) is 61.1 cm³/mol. The van der Waals surface area contributed by atoms with E-state index in [0.717, 1.165) is 0 Å². The molecule has 84 valence electrons. The van der Waals surface area contributed by atoms with Crippen LogP contribution in [0.2, 0.25) is 5.02 Å². The summed E-state index contributed by atoms with van der Waals surface area (Å²) in [4.78, 5) is 0. The van der Waals surface area contributed by atoms with Gasteiger partial charge >= 0.3 is 0 Å². The summed E-state index contributed by atoms with van der Waals surface area (Å²) in [7, 11) is 0. The topological polar surface area (TPSA) is 43.8 Å². The van der Waals surface area contributed by atoms with Crippen LogP contribution in [0.5, 0.6) is 0 Å². The highest BCUT2D eigenvalue weighted by molar-refractivity contribution is 6.30. The van der Waals surface area contributed by atoms with Crippen molar-refractivity contribution in [2.75, 3.05) is 0 Å². The van der Waals surface area contributed by atoms with Crippen molar-refractivity contribution in [3.63, 3.8) is 0 Å². The van der Waals surface area contributed by atoms with Crippen LogP contribution in [-0.4, -0.2) is 9.78 Å². The summed E-state index contributed by atoms with van der Waals surface area (Å²) >= 11 is 5.77. The third-order valence-electron chi connectivity index (χ3n) is 2.28.